The molecular formula is C20H32FIN4O. The van der Waals surface area contributed by atoms with E-state index in [1.807, 2.05) is 6.07 Å². The summed E-state index contributed by atoms with van der Waals surface area (Å²) in [5, 5.41) is 6.59. The summed E-state index contributed by atoms with van der Waals surface area (Å²) in [7, 11) is 3.44. The highest BCUT2D eigenvalue weighted by molar-refractivity contribution is 14.0. The van der Waals surface area contributed by atoms with Crippen molar-refractivity contribution in [3.8, 4) is 0 Å². The summed E-state index contributed by atoms with van der Waals surface area (Å²) in [4.78, 5) is 17.7. The first kappa shape index (κ1) is 23.7. The van der Waals surface area contributed by atoms with E-state index in [4.69, 9.17) is 0 Å². The molecule has 0 radical (unpaired) electrons. The molecule has 1 aliphatic carbocycles. The molecule has 5 nitrogen and oxygen atoms in total. The third-order valence-electron chi connectivity index (χ3n) is 4.80. The number of hydrogen-bond acceptors (Lipinski definition) is 2. The Bertz CT molecular complexity index is 603. The van der Waals surface area contributed by atoms with Crippen LogP contribution in [0.4, 0.5) is 4.39 Å². The number of nitrogens with zero attached hydrogens (tertiary/aromatic N) is 2. The van der Waals surface area contributed by atoms with Gasteiger partial charge < -0.3 is 15.5 Å². The molecule has 1 aromatic rings. The van der Waals surface area contributed by atoms with E-state index in [1.165, 1.54) is 43.1 Å². The SMILES string of the molecule is CN(C)C(=O)CN=C(NCCc1ccccc1F)NCC1CCCCC1.I. The zero-order valence-electron chi connectivity index (χ0n) is 16.3. The molecule has 1 aromatic carbocycles. The van der Waals surface area contributed by atoms with Crippen molar-refractivity contribution in [3.05, 3.63) is 35.6 Å². The first-order valence-electron chi connectivity index (χ1n) is 9.52. The van der Waals surface area contributed by atoms with Crippen LogP contribution in [0.15, 0.2) is 29.3 Å². The third kappa shape index (κ3) is 8.90. The highest BCUT2D eigenvalue weighted by Gasteiger charge is 2.14. The molecular weight excluding hydrogens is 458 g/mol. The summed E-state index contributed by atoms with van der Waals surface area (Å²) in [5.41, 5.74) is 0.677. The normalized spacial score (nSPS) is 15.0. The molecule has 152 valence electrons. The molecule has 0 atom stereocenters. The summed E-state index contributed by atoms with van der Waals surface area (Å²) in [6, 6.07) is 6.79. The van der Waals surface area contributed by atoms with Crippen molar-refractivity contribution in [2.24, 2.45) is 10.9 Å². The van der Waals surface area contributed by atoms with E-state index >= 15 is 0 Å². The van der Waals surface area contributed by atoms with Gasteiger partial charge in [-0.3, -0.25) is 4.79 Å². The van der Waals surface area contributed by atoms with E-state index in [9.17, 15) is 9.18 Å². The van der Waals surface area contributed by atoms with E-state index < -0.39 is 0 Å². The Morgan fingerprint density at radius 1 is 1.19 bits per heavy atom. The molecule has 1 aliphatic rings. The van der Waals surface area contributed by atoms with Crippen LogP contribution in [0.2, 0.25) is 0 Å². The van der Waals surface area contributed by atoms with Crippen molar-refractivity contribution >= 4 is 35.8 Å². The number of hydrogen-bond donors (Lipinski definition) is 2. The number of aliphatic imine (C=N–C) groups is 1. The van der Waals surface area contributed by atoms with Gasteiger partial charge in [0.15, 0.2) is 5.96 Å². The number of rotatable bonds is 7. The Balaban J connectivity index is 0.00000364. The van der Waals surface area contributed by atoms with E-state index in [2.05, 4.69) is 15.6 Å². The van der Waals surface area contributed by atoms with E-state index in [1.54, 1.807) is 26.2 Å². The minimum Gasteiger partial charge on any atom is -0.356 e. The van der Waals surface area contributed by atoms with Crippen molar-refractivity contribution in [3.63, 3.8) is 0 Å². The molecule has 2 rings (SSSR count). The molecule has 1 saturated carbocycles. The maximum atomic E-state index is 13.7. The zero-order valence-corrected chi connectivity index (χ0v) is 18.7. The number of nitrogens with one attached hydrogen (secondary N) is 2. The number of carbonyl (C=O) groups is 1. The highest BCUT2D eigenvalue weighted by atomic mass is 127. The lowest BCUT2D eigenvalue weighted by Gasteiger charge is -2.23. The van der Waals surface area contributed by atoms with E-state index in [0.29, 0.717) is 30.4 Å². The van der Waals surface area contributed by atoms with Gasteiger partial charge in [-0.25, -0.2) is 9.38 Å². The Hall–Kier alpha value is -1.38. The molecule has 0 heterocycles. The van der Waals surface area contributed by atoms with Gasteiger partial charge in [-0.15, -0.1) is 24.0 Å². The molecule has 0 spiro atoms. The van der Waals surface area contributed by atoms with Crippen molar-refractivity contribution in [1.82, 2.24) is 15.5 Å². The molecule has 2 N–H and O–H groups in total. The molecule has 0 bridgehead atoms. The van der Waals surface area contributed by atoms with Crippen LogP contribution in [0, 0.1) is 11.7 Å². The summed E-state index contributed by atoms with van der Waals surface area (Å²) in [6.07, 6.45) is 6.96. The first-order valence-corrected chi connectivity index (χ1v) is 9.52. The van der Waals surface area contributed by atoms with Gasteiger partial charge >= 0.3 is 0 Å². The second kappa shape index (κ2) is 12.9. The van der Waals surface area contributed by atoms with Crippen molar-refractivity contribution < 1.29 is 9.18 Å². The lowest BCUT2D eigenvalue weighted by Crippen LogP contribution is -2.41. The average Bonchev–Trinajstić information content (AvgIpc) is 2.65. The molecule has 0 saturated heterocycles. The van der Waals surface area contributed by atoms with Gasteiger partial charge in [-0.2, -0.15) is 0 Å². The highest BCUT2D eigenvalue weighted by Crippen LogP contribution is 2.22. The molecule has 0 unspecified atom stereocenters. The number of carbonyl (C=O) groups excluding carboxylic acids is 1. The van der Waals surface area contributed by atoms with Crippen LogP contribution in [0.5, 0.6) is 0 Å². The molecule has 27 heavy (non-hydrogen) atoms. The van der Waals surface area contributed by atoms with E-state index in [0.717, 1.165) is 6.54 Å². The number of likely N-dealkylation sites (N-methyl/N-ethyl adjacent to an activating group) is 1. The number of halogens is 2. The van der Waals surface area contributed by atoms with Crippen LogP contribution in [-0.4, -0.2) is 50.5 Å². The maximum Gasteiger partial charge on any atom is 0.243 e. The fourth-order valence-electron chi connectivity index (χ4n) is 3.11. The first-order chi connectivity index (χ1) is 12.6. The Kier molecular flexibility index (Phi) is 11.3. The second-order valence-electron chi connectivity index (χ2n) is 7.11. The van der Waals surface area contributed by atoms with Crippen molar-refractivity contribution in [2.75, 3.05) is 33.7 Å². The lowest BCUT2D eigenvalue weighted by molar-refractivity contribution is -0.127. The molecule has 0 aliphatic heterocycles. The van der Waals surface area contributed by atoms with Gasteiger partial charge in [0.1, 0.15) is 12.4 Å². The monoisotopic (exact) mass is 490 g/mol. The molecule has 1 fully saturated rings. The van der Waals surface area contributed by atoms with Gasteiger partial charge in [-0.05, 0) is 36.8 Å². The summed E-state index contributed by atoms with van der Waals surface area (Å²) in [6.45, 7) is 1.53. The van der Waals surface area contributed by atoms with Crippen LogP contribution in [0.1, 0.15) is 37.7 Å². The predicted molar refractivity (Wildman–Crippen MR) is 119 cm³/mol. The lowest BCUT2D eigenvalue weighted by atomic mass is 9.89. The minimum atomic E-state index is -0.189. The molecule has 1 amide bonds. The number of benzene rings is 1. The number of guanidine groups is 1. The molecule has 0 aromatic heterocycles. The minimum absolute atomic E-state index is 0. The van der Waals surface area contributed by atoms with Crippen LogP contribution in [0.25, 0.3) is 0 Å². The van der Waals surface area contributed by atoms with Gasteiger partial charge in [0.2, 0.25) is 5.91 Å². The predicted octanol–water partition coefficient (Wildman–Crippen LogP) is 3.19. The third-order valence-corrected chi connectivity index (χ3v) is 4.80. The average molecular weight is 490 g/mol. The smallest absolute Gasteiger partial charge is 0.243 e. The van der Waals surface area contributed by atoms with Gasteiger partial charge in [0, 0.05) is 27.2 Å². The van der Waals surface area contributed by atoms with Crippen molar-refractivity contribution in [1.29, 1.82) is 0 Å². The van der Waals surface area contributed by atoms with Crippen LogP contribution in [0.3, 0.4) is 0 Å². The fraction of sp³-hybridized carbons (Fsp3) is 0.600. The Labute approximate surface area is 179 Å². The van der Waals surface area contributed by atoms with Crippen LogP contribution in [-0.2, 0) is 11.2 Å². The van der Waals surface area contributed by atoms with Gasteiger partial charge in [-0.1, -0.05) is 37.5 Å². The standard InChI is InChI=1S/C20H31FN4O.HI/c1-25(2)19(26)15-24-20(23-14-16-8-4-3-5-9-16)22-13-12-17-10-6-7-11-18(17)21;/h6-7,10-11,16H,3-5,8-9,12-15H2,1-2H3,(H2,22,23,24);1H. The summed E-state index contributed by atoms with van der Waals surface area (Å²) >= 11 is 0. The van der Waals surface area contributed by atoms with E-state index in [-0.39, 0.29) is 42.2 Å². The number of amides is 1. The van der Waals surface area contributed by atoms with Gasteiger partial charge in [0.25, 0.3) is 0 Å². The Morgan fingerprint density at radius 2 is 1.89 bits per heavy atom. The molecule has 7 heteroatoms. The quantitative estimate of drug-likeness (QED) is 0.351. The van der Waals surface area contributed by atoms with Crippen LogP contribution >= 0.6 is 24.0 Å². The second-order valence-corrected chi connectivity index (χ2v) is 7.11. The topological polar surface area (TPSA) is 56.7 Å². The fourth-order valence-corrected chi connectivity index (χ4v) is 3.11. The summed E-state index contributed by atoms with van der Waals surface area (Å²) in [5.74, 6) is 1.05. The zero-order chi connectivity index (χ0) is 18.8. The summed E-state index contributed by atoms with van der Waals surface area (Å²) < 4.78 is 13.7. The van der Waals surface area contributed by atoms with Crippen LogP contribution < -0.4 is 10.6 Å². The maximum absolute atomic E-state index is 13.7. The largest absolute Gasteiger partial charge is 0.356 e. The van der Waals surface area contributed by atoms with Crippen molar-refractivity contribution in [2.45, 2.75) is 38.5 Å². The van der Waals surface area contributed by atoms with Gasteiger partial charge in [0.05, 0.1) is 0 Å². The Morgan fingerprint density at radius 3 is 2.56 bits per heavy atom.